The molecular formula is C24H27N3O4. The molecule has 0 bridgehead atoms. The first-order valence-electron chi connectivity index (χ1n) is 10.6. The summed E-state index contributed by atoms with van der Waals surface area (Å²) in [6, 6.07) is 13.3. The third kappa shape index (κ3) is 5.44. The number of likely N-dealkylation sites (tertiary alicyclic amines) is 1. The maximum atomic E-state index is 12.5. The number of carbonyl (C=O) groups is 2. The van der Waals surface area contributed by atoms with Crippen molar-refractivity contribution in [1.29, 1.82) is 0 Å². The second-order valence-corrected chi connectivity index (χ2v) is 7.86. The van der Waals surface area contributed by atoms with E-state index in [9.17, 15) is 9.59 Å². The highest BCUT2D eigenvalue weighted by Gasteiger charge is 2.24. The van der Waals surface area contributed by atoms with Crippen LogP contribution in [0.25, 0.3) is 6.08 Å². The van der Waals surface area contributed by atoms with Gasteiger partial charge >= 0.3 is 0 Å². The van der Waals surface area contributed by atoms with Gasteiger partial charge in [-0.05, 0) is 54.8 Å². The van der Waals surface area contributed by atoms with Crippen molar-refractivity contribution >= 4 is 23.6 Å². The molecule has 1 saturated heterocycles. The first-order chi connectivity index (χ1) is 15.1. The summed E-state index contributed by atoms with van der Waals surface area (Å²) in [6.45, 7) is 3.29. The maximum absolute atomic E-state index is 12.5. The maximum Gasteiger partial charge on any atom is 0.248 e. The molecule has 1 unspecified atom stereocenters. The highest BCUT2D eigenvalue weighted by atomic mass is 16.6. The summed E-state index contributed by atoms with van der Waals surface area (Å²) in [5, 5.41) is 2.97. The van der Waals surface area contributed by atoms with Crippen LogP contribution >= 0.6 is 0 Å². The summed E-state index contributed by atoms with van der Waals surface area (Å²) in [6.07, 6.45) is 5.04. The summed E-state index contributed by atoms with van der Waals surface area (Å²) in [5.41, 5.74) is 8.12. The number of nitrogens with two attached hydrogens (primary N) is 1. The first kappa shape index (κ1) is 20.9. The Morgan fingerprint density at radius 2 is 1.94 bits per heavy atom. The lowest BCUT2D eigenvalue weighted by atomic mass is 9.97. The normalized spacial score (nSPS) is 18.6. The number of amides is 2. The smallest absolute Gasteiger partial charge is 0.248 e. The van der Waals surface area contributed by atoms with Gasteiger partial charge in [-0.15, -0.1) is 0 Å². The molecule has 0 aliphatic carbocycles. The molecule has 162 valence electrons. The van der Waals surface area contributed by atoms with E-state index in [-0.39, 0.29) is 17.7 Å². The molecule has 2 aliphatic rings. The van der Waals surface area contributed by atoms with Crippen LogP contribution in [0.1, 0.15) is 24.0 Å². The van der Waals surface area contributed by atoms with E-state index in [4.69, 9.17) is 15.2 Å². The van der Waals surface area contributed by atoms with Gasteiger partial charge in [0.05, 0.1) is 5.92 Å². The van der Waals surface area contributed by atoms with E-state index in [1.165, 1.54) is 6.08 Å². The molecule has 2 aromatic carbocycles. The van der Waals surface area contributed by atoms with E-state index < -0.39 is 0 Å². The van der Waals surface area contributed by atoms with Crippen LogP contribution in [0.15, 0.2) is 48.5 Å². The van der Waals surface area contributed by atoms with Crippen molar-refractivity contribution in [1.82, 2.24) is 4.90 Å². The standard InChI is InChI=1S/C24H27N3O4/c25-24(29)19-5-3-11-27(16-19)15-18-4-1-2-6-20(18)26-23(28)10-8-17-7-9-21-22(14-17)31-13-12-30-21/h1-2,4,6-10,14,19H,3,5,11-13,15-16H2,(H2,25,29)(H,26,28)/b10-8+. The van der Waals surface area contributed by atoms with Crippen LogP contribution in [0.4, 0.5) is 5.69 Å². The van der Waals surface area contributed by atoms with Gasteiger partial charge in [0.1, 0.15) is 13.2 Å². The molecule has 2 heterocycles. The summed E-state index contributed by atoms with van der Waals surface area (Å²) < 4.78 is 11.1. The van der Waals surface area contributed by atoms with E-state index in [1.807, 2.05) is 42.5 Å². The third-order valence-corrected chi connectivity index (χ3v) is 5.57. The highest BCUT2D eigenvalue weighted by molar-refractivity contribution is 6.02. The zero-order valence-corrected chi connectivity index (χ0v) is 17.4. The number of benzene rings is 2. The van der Waals surface area contributed by atoms with Gasteiger partial charge in [-0.2, -0.15) is 0 Å². The second-order valence-electron chi connectivity index (χ2n) is 7.86. The highest BCUT2D eigenvalue weighted by Crippen LogP contribution is 2.31. The van der Waals surface area contributed by atoms with E-state index in [1.54, 1.807) is 6.08 Å². The number of para-hydroxylation sites is 1. The van der Waals surface area contributed by atoms with Gasteiger partial charge in [0.15, 0.2) is 11.5 Å². The number of hydrogen-bond acceptors (Lipinski definition) is 5. The molecule has 0 spiro atoms. The number of piperidine rings is 1. The van der Waals surface area contributed by atoms with Crippen molar-refractivity contribution in [2.45, 2.75) is 19.4 Å². The van der Waals surface area contributed by atoms with E-state index in [2.05, 4.69) is 10.2 Å². The fraction of sp³-hybridized carbons (Fsp3) is 0.333. The van der Waals surface area contributed by atoms with Crippen LogP contribution in [0, 0.1) is 5.92 Å². The van der Waals surface area contributed by atoms with Crippen molar-refractivity contribution in [2.24, 2.45) is 11.7 Å². The van der Waals surface area contributed by atoms with Crippen LogP contribution < -0.4 is 20.5 Å². The van der Waals surface area contributed by atoms with Gasteiger partial charge in [-0.3, -0.25) is 14.5 Å². The minimum Gasteiger partial charge on any atom is -0.486 e. The number of hydrogen-bond donors (Lipinski definition) is 2. The Morgan fingerprint density at radius 3 is 2.77 bits per heavy atom. The van der Waals surface area contributed by atoms with Crippen LogP contribution in [-0.4, -0.2) is 43.0 Å². The largest absolute Gasteiger partial charge is 0.486 e. The SMILES string of the molecule is NC(=O)C1CCCN(Cc2ccccc2NC(=O)/C=C/c2ccc3c(c2)OCCO3)C1. The Balaban J connectivity index is 1.39. The van der Waals surface area contributed by atoms with Crippen molar-refractivity contribution < 1.29 is 19.1 Å². The van der Waals surface area contributed by atoms with Crippen molar-refractivity contribution in [2.75, 3.05) is 31.6 Å². The average Bonchev–Trinajstić information content (AvgIpc) is 2.79. The quantitative estimate of drug-likeness (QED) is 0.700. The fourth-order valence-corrected chi connectivity index (χ4v) is 3.96. The predicted octanol–water partition coefficient (Wildman–Crippen LogP) is 2.81. The zero-order chi connectivity index (χ0) is 21.6. The summed E-state index contributed by atoms with van der Waals surface area (Å²) in [4.78, 5) is 26.3. The van der Waals surface area contributed by atoms with Crippen LogP contribution in [0.2, 0.25) is 0 Å². The molecule has 0 saturated carbocycles. The molecule has 1 atom stereocenters. The fourth-order valence-electron chi connectivity index (χ4n) is 3.96. The number of ether oxygens (including phenoxy) is 2. The van der Waals surface area contributed by atoms with Crippen molar-refractivity contribution in [3.8, 4) is 11.5 Å². The Hall–Kier alpha value is -3.32. The molecule has 2 aromatic rings. The lowest BCUT2D eigenvalue weighted by Crippen LogP contribution is -2.40. The Kier molecular flexibility index (Phi) is 6.52. The van der Waals surface area contributed by atoms with Gasteiger partial charge in [0, 0.05) is 24.9 Å². The minimum atomic E-state index is -0.240. The van der Waals surface area contributed by atoms with Crippen molar-refractivity contribution in [3.63, 3.8) is 0 Å². The van der Waals surface area contributed by atoms with Gasteiger partial charge in [-0.25, -0.2) is 0 Å². The van der Waals surface area contributed by atoms with E-state index in [0.29, 0.717) is 32.1 Å². The molecule has 0 aromatic heterocycles. The Morgan fingerprint density at radius 1 is 1.13 bits per heavy atom. The third-order valence-electron chi connectivity index (χ3n) is 5.57. The number of nitrogens with one attached hydrogen (secondary N) is 1. The lowest BCUT2D eigenvalue weighted by Gasteiger charge is -2.31. The lowest BCUT2D eigenvalue weighted by molar-refractivity contribution is -0.123. The van der Waals surface area contributed by atoms with Gasteiger partial charge < -0.3 is 20.5 Å². The number of fused-ring (bicyclic) bond motifs is 1. The minimum absolute atomic E-state index is 0.107. The van der Waals surface area contributed by atoms with E-state index in [0.717, 1.165) is 42.0 Å². The molecule has 1 fully saturated rings. The summed E-state index contributed by atoms with van der Waals surface area (Å²) >= 11 is 0. The van der Waals surface area contributed by atoms with Crippen molar-refractivity contribution in [3.05, 3.63) is 59.7 Å². The number of rotatable bonds is 6. The molecule has 7 nitrogen and oxygen atoms in total. The first-order valence-corrected chi connectivity index (χ1v) is 10.6. The molecule has 31 heavy (non-hydrogen) atoms. The number of primary amides is 1. The number of anilines is 1. The Bertz CT molecular complexity index is 989. The van der Waals surface area contributed by atoms with Crippen LogP contribution in [-0.2, 0) is 16.1 Å². The average molecular weight is 421 g/mol. The van der Waals surface area contributed by atoms with E-state index >= 15 is 0 Å². The van der Waals surface area contributed by atoms with Crippen LogP contribution in [0.5, 0.6) is 11.5 Å². The topological polar surface area (TPSA) is 93.9 Å². The monoisotopic (exact) mass is 421 g/mol. The van der Waals surface area contributed by atoms with Gasteiger partial charge in [0.2, 0.25) is 11.8 Å². The molecule has 3 N–H and O–H groups in total. The summed E-state index contributed by atoms with van der Waals surface area (Å²) in [7, 11) is 0. The molecule has 4 rings (SSSR count). The molecular weight excluding hydrogens is 394 g/mol. The number of carbonyl (C=O) groups excluding carboxylic acids is 2. The van der Waals surface area contributed by atoms with Gasteiger partial charge in [0.25, 0.3) is 0 Å². The molecule has 2 aliphatic heterocycles. The second kappa shape index (κ2) is 9.66. The molecule has 0 radical (unpaired) electrons. The molecule has 2 amide bonds. The Labute approximate surface area is 181 Å². The zero-order valence-electron chi connectivity index (χ0n) is 17.4. The van der Waals surface area contributed by atoms with Crippen LogP contribution in [0.3, 0.4) is 0 Å². The molecule has 7 heteroatoms. The van der Waals surface area contributed by atoms with Gasteiger partial charge in [-0.1, -0.05) is 24.3 Å². The summed E-state index contributed by atoms with van der Waals surface area (Å²) in [5.74, 6) is 0.851. The predicted molar refractivity (Wildman–Crippen MR) is 119 cm³/mol. The number of nitrogens with zero attached hydrogens (tertiary/aromatic N) is 1.